The lowest BCUT2D eigenvalue weighted by Gasteiger charge is -2.24. The molecule has 0 unspecified atom stereocenters. The van der Waals surface area contributed by atoms with Crippen LogP contribution in [-0.2, 0) is 0 Å². The predicted molar refractivity (Wildman–Crippen MR) is 104 cm³/mol. The quantitative estimate of drug-likeness (QED) is 0.674. The minimum Gasteiger partial charge on any atom is -0.361 e. The lowest BCUT2D eigenvalue weighted by atomic mass is 9.82. The van der Waals surface area contributed by atoms with Crippen LogP contribution in [-0.4, -0.2) is 6.21 Å². The average Bonchev–Trinajstić information content (AvgIpc) is 2.62. The predicted octanol–water partition coefficient (Wildman–Crippen LogP) is 6.13. The number of rotatable bonds is 4. The van der Waals surface area contributed by atoms with Crippen LogP contribution in [0.1, 0.15) is 26.7 Å². The van der Waals surface area contributed by atoms with E-state index in [9.17, 15) is 0 Å². The zero-order chi connectivity index (χ0) is 16.8. The number of hydrogen-bond acceptors (Lipinski definition) is 2. The van der Waals surface area contributed by atoms with Crippen molar-refractivity contribution in [2.24, 2.45) is 10.9 Å². The Hall–Kier alpha value is -2.61. The maximum atomic E-state index is 4.64. The molecule has 0 aliphatic heterocycles. The van der Waals surface area contributed by atoms with Gasteiger partial charge >= 0.3 is 0 Å². The molecule has 0 saturated carbocycles. The largest absolute Gasteiger partial charge is 0.361 e. The molecule has 2 heteroatoms. The second-order valence-corrected chi connectivity index (χ2v) is 6.44. The molecule has 2 aromatic carbocycles. The summed E-state index contributed by atoms with van der Waals surface area (Å²) in [5.74, 6) is 0.634. The zero-order valence-corrected chi connectivity index (χ0v) is 14.4. The lowest BCUT2D eigenvalue weighted by molar-refractivity contribution is 0.562. The first kappa shape index (κ1) is 16.3. The first-order valence-electron chi connectivity index (χ1n) is 8.52. The van der Waals surface area contributed by atoms with Gasteiger partial charge in [-0.2, -0.15) is 0 Å². The highest BCUT2D eigenvalue weighted by atomic mass is 14.8. The Morgan fingerprint density at radius 1 is 0.958 bits per heavy atom. The van der Waals surface area contributed by atoms with Gasteiger partial charge in [0, 0.05) is 18.1 Å². The smallest absolute Gasteiger partial charge is 0.0629 e. The Labute approximate surface area is 144 Å². The van der Waals surface area contributed by atoms with E-state index in [0.29, 0.717) is 5.92 Å². The Bertz CT molecular complexity index is 755. The van der Waals surface area contributed by atoms with Gasteiger partial charge in [0.15, 0.2) is 0 Å². The van der Waals surface area contributed by atoms with Gasteiger partial charge in [-0.1, -0.05) is 43.3 Å². The van der Waals surface area contributed by atoms with E-state index in [0.717, 1.165) is 24.2 Å². The van der Waals surface area contributed by atoms with Gasteiger partial charge in [-0.05, 0) is 66.7 Å². The van der Waals surface area contributed by atoms with Gasteiger partial charge in [0.05, 0.1) is 5.69 Å². The number of hydrogen-bond donors (Lipinski definition) is 1. The number of allylic oxidation sites excluding steroid dienone is 3. The normalized spacial score (nSPS) is 19.9. The summed E-state index contributed by atoms with van der Waals surface area (Å²) in [5.41, 5.74) is 6.17. The first-order chi connectivity index (χ1) is 11.7. The molecule has 0 heterocycles. The third-order valence-electron chi connectivity index (χ3n) is 4.41. The summed E-state index contributed by atoms with van der Waals surface area (Å²) in [6.07, 6.45) is 6.38. The third kappa shape index (κ3) is 4.23. The Morgan fingerprint density at radius 3 is 2.33 bits per heavy atom. The fourth-order valence-electron chi connectivity index (χ4n) is 3.02. The summed E-state index contributed by atoms with van der Waals surface area (Å²) < 4.78 is 0. The number of aliphatic imine (C=N–C) groups is 1. The van der Waals surface area contributed by atoms with Crippen molar-refractivity contribution in [3.63, 3.8) is 0 Å². The van der Waals surface area contributed by atoms with Crippen LogP contribution < -0.4 is 5.32 Å². The highest BCUT2D eigenvalue weighted by molar-refractivity contribution is 5.83. The topological polar surface area (TPSA) is 24.4 Å². The average molecular weight is 316 g/mol. The van der Waals surface area contributed by atoms with Gasteiger partial charge in [0.25, 0.3) is 0 Å². The van der Waals surface area contributed by atoms with Crippen molar-refractivity contribution in [3.05, 3.63) is 83.6 Å². The molecule has 122 valence electrons. The maximum absolute atomic E-state index is 4.64. The molecule has 0 amide bonds. The van der Waals surface area contributed by atoms with E-state index in [1.165, 1.54) is 16.7 Å². The third-order valence-corrected chi connectivity index (χ3v) is 4.41. The zero-order valence-electron chi connectivity index (χ0n) is 14.4. The second kappa shape index (κ2) is 7.78. The van der Waals surface area contributed by atoms with E-state index in [1.807, 2.05) is 54.7 Å². The SMILES string of the molecule is CC1=C(C=Nc2ccccc2)C[C@@H](C)CC1=CNc1ccccc1. The van der Waals surface area contributed by atoms with Crippen molar-refractivity contribution in [2.45, 2.75) is 26.7 Å². The van der Waals surface area contributed by atoms with Gasteiger partial charge in [0.1, 0.15) is 0 Å². The monoisotopic (exact) mass is 316 g/mol. The summed E-state index contributed by atoms with van der Waals surface area (Å²) >= 11 is 0. The number of para-hydroxylation sites is 2. The van der Waals surface area contributed by atoms with E-state index in [1.54, 1.807) is 0 Å². The molecule has 2 nitrogen and oxygen atoms in total. The van der Waals surface area contributed by atoms with Crippen molar-refractivity contribution < 1.29 is 0 Å². The molecule has 2 aromatic rings. The van der Waals surface area contributed by atoms with E-state index in [4.69, 9.17) is 0 Å². The minimum atomic E-state index is 0.634. The summed E-state index contributed by atoms with van der Waals surface area (Å²) in [4.78, 5) is 4.64. The molecule has 0 saturated heterocycles. The van der Waals surface area contributed by atoms with Crippen molar-refractivity contribution in [2.75, 3.05) is 5.32 Å². The van der Waals surface area contributed by atoms with Crippen LogP contribution in [0.2, 0.25) is 0 Å². The van der Waals surface area contributed by atoms with Crippen molar-refractivity contribution in [1.29, 1.82) is 0 Å². The highest BCUT2D eigenvalue weighted by Gasteiger charge is 2.18. The molecule has 0 aromatic heterocycles. The Kier molecular flexibility index (Phi) is 5.27. The van der Waals surface area contributed by atoms with E-state index < -0.39 is 0 Å². The molecule has 0 radical (unpaired) electrons. The number of benzene rings is 2. The standard InChI is InChI=1S/C22H24N2/c1-17-13-19(15-23-21-9-5-3-6-10-21)18(2)20(14-17)16-24-22-11-7-4-8-12-22/h3-12,15-17,23H,13-14H2,1-2H3/t17-/m0/s1. The maximum Gasteiger partial charge on any atom is 0.0629 e. The van der Waals surface area contributed by atoms with Crippen molar-refractivity contribution in [1.82, 2.24) is 0 Å². The van der Waals surface area contributed by atoms with E-state index in [2.05, 4.69) is 42.5 Å². The molecule has 0 bridgehead atoms. The van der Waals surface area contributed by atoms with Crippen LogP contribution in [0.25, 0.3) is 0 Å². The minimum absolute atomic E-state index is 0.634. The lowest BCUT2D eigenvalue weighted by Crippen LogP contribution is -2.11. The van der Waals surface area contributed by atoms with Gasteiger partial charge in [-0.25, -0.2) is 0 Å². The van der Waals surface area contributed by atoms with Crippen molar-refractivity contribution >= 4 is 17.6 Å². The number of nitrogens with zero attached hydrogens (tertiary/aromatic N) is 1. The van der Waals surface area contributed by atoms with E-state index >= 15 is 0 Å². The molecule has 1 atom stereocenters. The van der Waals surface area contributed by atoms with Crippen molar-refractivity contribution in [3.8, 4) is 0 Å². The van der Waals surface area contributed by atoms with Gasteiger partial charge in [0.2, 0.25) is 0 Å². The summed E-state index contributed by atoms with van der Waals surface area (Å²) in [6.45, 7) is 4.51. The number of anilines is 1. The molecule has 0 spiro atoms. The first-order valence-corrected chi connectivity index (χ1v) is 8.52. The highest BCUT2D eigenvalue weighted by Crippen LogP contribution is 2.32. The van der Waals surface area contributed by atoms with Crippen LogP contribution >= 0.6 is 0 Å². The fourth-order valence-corrected chi connectivity index (χ4v) is 3.02. The fraction of sp³-hybridized carbons (Fsp3) is 0.227. The summed E-state index contributed by atoms with van der Waals surface area (Å²) in [7, 11) is 0. The van der Waals surface area contributed by atoms with Crippen LogP contribution in [0.5, 0.6) is 0 Å². The molecule has 1 aliphatic rings. The molecule has 1 N–H and O–H groups in total. The van der Waals surface area contributed by atoms with Gasteiger partial charge in [-0.3, -0.25) is 4.99 Å². The van der Waals surface area contributed by atoms with Gasteiger partial charge < -0.3 is 5.32 Å². The van der Waals surface area contributed by atoms with E-state index in [-0.39, 0.29) is 0 Å². The molecular formula is C22H24N2. The molecular weight excluding hydrogens is 292 g/mol. The molecule has 24 heavy (non-hydrogen) atoms. The van der Waals surface area contributed by atoms with Crippen LogP contribution in [0, 0.1) is 5.92 Å². The Morgan fingerprint density at radius 2 is 1.62 bits per heavy atom. The van der Waals surface area contributed by atoms with Crippen LogP contribution in [0.4, 0.5) is 11.4 Å². The Balaban J connectivity index is 1.81. The summed E-state index contributed by atoms with van der Waals surface area (Å²) in [5, 5.41) is 3.42. The van der Waals surface area contributed by atoms with Gasteiger partial charge in [-0.15, -0.1) is 0 Å². The van der Waals surface area contributed by atoms with Crippen LogP contribution in [0.15, 0.2) is 88.6 Å². The van der Waals surface area contributed by atoms with Crippen LogP contribution in [0.3, 0.4) is 0 Å². The molecule has 0 fully saturated rings. The molecule has 1 aliphatic carbocycles. The second-order valence-electron chi connectivity index (χ2n) is 6.44. The molecule has 3 rings (SSSR count). The summed E-state index contributed by atoms with van der Waals surface area (Å²) in [6, 6.07) is 20.4. The number of nitrogens with one attached hydrogen (secondary N) is 1.